The molecule has 13 heteroatoms. The summed E-state index contributed by atoms with van der Waals surface area (Å²) in [5, 5.41) is 23.6. The van der Waals surface area contributed by atoms with E-state index in [0.717, 1.165) is 5.56 Å². The molecule has 0 aliphatic heterocycles. The molecule has 0 radical (unpaired) electrons. The molecule has 1 aromatic carbocycles. The van der Waals surface area contributed by atoms with Gasteiger partial charge in [0.15, 0.2) is 0 Å². The standard InChI is InChI=1S/C39H66N6O7/c1-12-25(8)33(36(49)44-32(24(6)7)38(51)52)43-31(47)21-27(40)28(20-26-16-14-13-15-17-26)42-37(50)34(39(9,10)11)45-35(48)29(18-22(2)3)41-30(46)19-23(4)5/h13-17,22-25,27-29,32-34H,12,18-21,40H2,1-11H3,(H,41,46)(H,42,50)(H,43,47)(H,44,49)(H,45,48)(H,51,52)/t25-,27?,28?,29-,32-,33-,34+/m0/s1. The van der Waals surface area contributed by atoms with Crippen molar-refractivity contribution in [1.29, 1.82) is 0 Å². The van der Waals surface area contributed by atoms with E-state index in [0.29, 0.717) is 12.8 Å². The van der Waals surface area contributed by atoms with E-state index in [1.807, 2.05) is 85.7 Å². The molecule has 0 saturated carbocycles. The summed E-state index contributed by atoms with van der Waals surface area (Å²) >= 11 is 0. The molecule has 294 valence electrons. The number of carbonyl (C=O) groups excluding carboxylic acids is 5. The molecule has 0 aliphatic rings. The molecule has 0 spiro atoms. The first kappa shape index (κ1) is 46.0. The summed E-state index contributed by atoms with van der Waals surface area (Å²) in [6, 6.07) is 3.66. The van der Waals surface area contributed by atoms with Gasteiger partial charge in [0.1, 0.15) is 24.2 Å². The minimum Gasteiger partial charge on any atom is -0.480 e. The van der Waals surface area contributed by atoms with Gasteiger partial charge in [0.05, 0.1) is 0 Å². The zero-order valence-corrected chi connectivity index (χ0v) is 33.2. The van der Waals surface area contributed by atoms with E-state index in [2.05, 4.69) is 26.6 Å². The molecule has 0 aliphatic carbocycles. The van der Waals surface area contributed by atoms with Crippen LogP contribution in [0, 0.1) is 29.1 Å². The highest BCUT2D eigenvalue weighted by Crippen LogP contribution is 2.21. The van der Waals surface area contributed by atoms with Crippen molar-refractivity contribution in [2.75, 3.05) is 0 Å². The molecule has 0 fully saturated rings. The lowest BCUT2D eigenvalue weighted by atomic mass is 9.85. The second-order valence-electron chi connectivity index (χ2n) is 16.3. The maximum atomic E-state index is 14.1. The molecule has 2 unspecified atom stereocenters. The zero-order chi connectivity index (χ0) is 39.9. The van der Waals surface area contributed by atoms with E-state index in [4.69, 9.17) is 5.73 Å². The number of benzene rings is 1. The van der Waals surface area contributed by atoms with Gasteiger partial charge in [0.2, 0.25) is 29.5 Å². The SMILES string of the molecule is CC[C@H](C)[C@H](NC(=O)CC(N)C(Cc1ccccc1)NC(=O)[C@@H](NC(=O)[C@H](CC(C)C)NC(=O)CC(C)C)C(C)(C)C)C(=O)N[C@H](C(=O)O)C(C)C. The molecule has 5 amide bonds. The third kappa shape index (κ3) is 16.1. The van der Waals surface area contributed by atoms with Crippen molar-refractivity contribution >= 4 is 35.5 Å². The highest BCUT2D eigenvalue weighted by Gasteiger charge is 2.37. The van der Waals surface area contributed by atoms with Gasteiger partial charge >= 0.3 is 5.97 Å². The van der Waals surface area contributed by atoms with Crippen molar-refractivity contribution < 1.29 is 33.9 Å². The Morgan fingerprint density at radius 2 is 1.29 bits per heavy atom. The summed E-state index contributed by atoms with van der Waals surface area (Å²) in [7, 11) is 0. The Morgan fingerprint density at radius 1 is 0.712 bits per heavy atom. The topological polar surface area (TPSA) is 209 Å². The van der Waals surface area contributed by atoms with Crippen LogP contribution in [0.2, 0.25) is 0 Å². The largest absolute Gasteiger partial charge is 0.480 e. The van der Waals surface area contributed by atoms with Crippen molar-refractivity contribution in [2.24, 2.45) is 34.8 Å². The summed E-state index contributed by atoms with van der Waals surface area (Å²) in [4.78, 5) is 78.8. The van der Waals surface area contributed by atoms with Crippen LogP contribution < -0.4 is 32.3 Å². The van der Waals surface area contributed by atoms with E-state index < -0.39 is 71.3 Å². The van der Waals surface area contributed by atoms with Gasteiger partial charge in [-0.3, -0.25) is 24.0 Å². The fourth-order valence-electron chi connectivity index (χ4n) is 5.74. The molecular formula is C39H66N6O7. The smallest absolute Gasteiger partial charge is 0.326 e. The Morgan fingerprint density at radius 3 is 1.77 bits per heavy atom. The summed E-state index contributed by atoms with van der Waals surface area (Å²) in [5.74, 6) is -4.01. The van der Waals surface area contributed by atoms with Crippen molar-refractivity contribution in [3.63, 3.8) is 0 Å². The number of aliphatic carboxylic acids is 1. The Hall–Kier alpha value is -4.00. The number of nitrogens with one attached hydrogen (secondary N) is 5. The molecule has 1 aromatic rings. The van der Waals surface area contributed by atoms with E-state index >= 15 is 0 Å². The number of rotatable bonds is 21. The normalized spacial score (nSPS) is 15.8. The number of carboxylic acids is 1. The first-order valence-electron chi connectivity index (χ1n) is 18.6. The first-order valence-corrected chi connectivity index (χ1v) is 18.6. The van der Waals surface area contributed by atoms with Gasteiger partial charge in [-0.15, -0.1) is 0 Å². The number of hydrogen-bond acceptors (Lipinski definition) is 7. The Balaban J connectivity index is 3.31. The van der Waals surface area contributed by atoms with Gasteiger partial charge in [-0.25, -0.2) is 4.79 Å². The zero-order valence-electron chi connectivity index (χ0n) is 33.2. The first-order chi connectivity index (χ1) is 24.1. The number of amides is 5. The second-order valence-corrected chi connectivity index (χ2v) is 16.3. The van der Waals surface area contributed by atoms with Gasteiger partial charge in [-0.1, -0.05) is 113 Å². The van der Waals surface area contributed by atoms with Gasteiger partial charge in [0.25, 0.3) is 0 Å². The Bertz CT molecular complexity index is 1330. The monoisotopic (exact) mass is 730 g/mol. The van der Waals surface area contributed by atoms with Gasteiger partial charge in [0, 0.05) is 24.9 Å². The van der Waals surface area contributed by atoms with Crippen molar-refractivity contribution in [1.82, 2.24) is 26.6 Å². The third-order valence-corrected chi connectivity index (χ3v) is 8.97. The predicted molar refractivity (Wildman–Crippen MR) is 203 cm³/mol. The minimum atomic E-state index is -1.17. The maximum Gasteiger partial charge on any atom is 0.326 e. The van der Waals surface area contributed by atoms with E-state index in [1.165, 1.54) is 0 Å². The van der Waals surface area contributed by atoms with E-state index in [9.17, 15) is 33.9 Å². The molecule has 0 saturated heterocycles. The molecule has 8 N–H and O–H groups in total. The van der Waals surface area contributed by atoms with Crippen molar-refractivity contribution in [3.8, 4) is 0 Å². The quantitative estimate of drug-likeness (QED) is 0.0996. The molecular weight excluding hydrogens is 664 g/mol. The summed E-state index contributed by atoms with van der Waals surface area (Å²) in [6.45, 7) is 20.2. The van der Waals surface area contributed by atoms with Crippen LogP contribution in [-0.2, 0) is 35.2 Å². The predicted octanol–water partition coefficient (Wildman–Crippen LogP) is 3.30. The number of hydrogen-bond donors (Lipinski definition) is 7. The Kier molecular flexibility index (Phi) is 19.0. The van der Waals surface area contributed by atoms with Crippen molar-refractivity contribution in [2.45, 2.75) is 145 Å². The van der Waals surface area contributed by atoms with Crippen LogP contribution in [-0.4, -0.2) is 76.9 Å². The van der Waals surface area contributed by atoms with Crippen LogP contribution >= 0.6 is 0 Å². The van der Waals surface area contributed by atoms with Crippen LogP contribution in [0.25, 0.3) is 0 Å². The highest BCUT2D eigenvalue weighted by molar-refractivity contribution is 5.93. The minimum absolute atomic E-state index is 0.0937. The fourth-order valence-corrected chi connectivity index (χ4v) is 5.74. The summed E-state index contributed by atoms with van der Waals surface area (Å²) in [5.41, 5.74) is 6.77. The molecule has 7 atom stereocenters. The lowest BCUT2D eigenvalue weighted by Crippen LogP contribution is -2.61. The number of carboxylic acid groups (broad SMARTS) is 1. The molecule has 1 rings (SSSR count). The Labute approximate surface area is 310 Å². The maximum absolute atomic E-state index is 14.1. The average molecular weight is 731 g/mol. The van der Waals surface area contributed by atoms with Gasteiger partial charge in [-0.05, 0) is 47.5 Å². The van der Waals surface area contributed by atoms with Crippen LogP contribution in [0.5, 0.6) is 0 Å². The molecule has 0 aromatic heterocycles. The molecule has 0 heterocycles. The van der Waals surface area contributed by atoms with Crippen LogP contribution in [0.3, 0.4) is 0 Å². The summed E-state index contributed by atoms with van der Waals surface area (Å²) in [6.07, 6.45) is 1.21. The van der Waals surface area contributed by atoms with Crippen LogP contribution in [0.4, 0.5) is 0 Å². The average Bonchev–Trinajstić information content (AvgIpc) is 3.02. The highest BCUT2D eigenvalue weighted by atomic mass is 16.4. The second kappa shape index (κ2) is 21.5. The molecule has 52 heavy (non-hydrogen) atoms. The summed E-state index contributed by atoms with van der Waals surface area (Å²) < 4.78 is 0. The van der Waals surface area contributed by atoms with E-state index in [-0.39, 0.29) is 48.8 Å². The third-order valence-electron chi connectivity index (χ3n) is 8.97. The molecule has 13 nitrogen and oxygen atoms in total. The lowest BCUT2D eigenvalue weighted by molar-refractivity contribution is -0.143. The van der Waals surface area contributed by atoms with E-state index in [1.54, 1.807) is 20.8 Å². The van der Waals surface area contributed by atoms with Gasteiger partial charge < -0.3 is 37.4 Å². The lowest BCUT2D eigenvalue weighted by Gasteiger charge is -2.34. The number of carbonyl (C=O) groups is 6. The fraction of sp³-hybridized carbons (Fsp3) is 0.692. The molecule has 0 bridgehead atoms. The number of nitrogens with two attached hydrogens (primary N) is 1. The van der Waals surface area contributed by atoms with Gasteiger partial charge in [-0.2, -0.15) is 0 Å². The van der Waals surface area contributed by atoms with Crippen LogP contribution in [0.1, 0.15) is 107 Å². The van der Waals surface area contributed by atoms with Crippen molar-refractivity contribution in [3.05, 3.63) is 35.9 Å². The van der Waals surface area contributed by atoms with Crippen LogP contribution in [0.15, 0.2) is 30.3 Å².